The quantitative estimate of drug-likeness (QED) is 0.293. The maximum Gasteiger partial charge on any atom is 0.407 e. The molecule has 230 valence electrons. The second-order valence-electron chi connectivity index (χ2n) is 12.1. The number of carbonyl (C=O) groups excluding carboxylic acids is 3. The number of amides is 3. The molecule has 1 aliphatic heterocycles. The van der Waals surface area contributed by atoms with Crippen molar-refractivity contribution in [2.75, 3.05) is 25.5 Å². The zero-order valence-electron chi connectivity index (χ0n) is 25.2. The fourth-order valence-corrected chi connectivity index (χ4v) is 5.25. The van der Waals surface area contributed by atoms with Crippen LogP contribution in [-0.4, -0.2) is 58.6 Å². The van der Waals surface area contributed by atoms with Gasteiger partial charge in [-0.15, -0.1) is 0 Å². The summed E-state index contributed by atoms with van der Waals surface area (Å²) in [4.78, 5) is 55.7. The van der Waals surface area contributed by atoms with E-state index in [1.165, 1.54) is 36.0 Å². The molecule has 1 atom stereocenters. The van der Waals surface area contributed by atoms with Gasteiger partial charge >= 0.3 is 6.09 Å². The molecule has 0 spiro atoms. The molecular weight excluding hydrogens is 553 g/mol. The van der Waals surface area contributed by atoms with Gasteiger partial charge < -0.3 is 29.8 Å². The van der Waals surface area contributed by atoms with Crippen molar-refractivity contribution in [1.82, 2.24) is 19.8 Å². The Morgan fingerprint density at radius 3 is 2.60 bits per heavy atom. The minimum absolute atomic E-state index is 0.0412. The number of alkyl carbamates (subject to hydrolysis) is 1. The monoisotopic (exact) mass is 593 g/mol. The van der Waals surface area contributed by atoms with E-state index < -0.39 is 23.6 Å². The molecule has 43 heavy (non-hydrogen) atoms. The van der Waals surface area contributed by atoms with Gasteiger partial charge in [0.05, 0.1) is 13.7 Å². The number of hydrogen-bond acceptors (Lipinski definition) is 5. The number of aromatic amines is 1. The summed E-state index contributed by atoms with van der Waals surface area (Å²) in [5, 5.41) is 5.85. The van der Waals surface area contributed by atoms with Gasteiger partial charge in [-0.1, -0.05) is 26.8 Å². The Morgan fingerprint density at radius 1 is 1.16 bits per heavy atom. The first-order chi connectivity index (χ1) is 20.4. The van der Waals surface area contributed by atoms with E-state index in [2.05, 4.69) is 41.1 Å². The van der Waals surface area contributed by atoms with E-state index in [0.717, 1.165) is 42.4 Å². The van der Waals surface area contributed by atoms with Crippen molar-refractivity contribution in [3.63, 3.8) is 0 Å². The number of ether oxygens (including phenoxy) is 1. The number of hydrogen-bond donors (Lipinski definition) is 3. The molecule has 3 N–H and O–H groups in total. The minimum atomic E-state index is -1.00. The van der Waals surface area contributed by atoms with Gasteiger partial charge in [-0.05, 0) is 79.5 Å². The number of H-pyrrole nitrogens is 1. The standard InChI is InChI=1S/C32H40FN5O5/c1-32(2,3)19-22-17-23(33)16-21-18-24(34-28(21)22)20-38-15-9-11-26(30(38)41)35-29(40)25(36-31(42)43-4)10-5-6-12-27(39)37-13-7-8-14-37/h6,9,11-12,15-18,25,34H,5,7-8,10,13-14,19-20H2,1-4H3,(H,35,40)(H,36,42)/b12-6+. The topological polar surface area (TPSA) is 126 Å². The van der Waals surface area contributed by atoms with Crippen LogP contribution in [0.3, 0.4) is 0 Å². The van der Waals surface area contributed by atoms with Crippen LogP contribution in [0.25, 0.3) is 10.9 Å². The lowest BCUT2D eigenvalue weighted by atomic mass is 9.87. The molecule has 0 bridgehead atoms. The molecular formula is C32H40FN5O5. The maximum absolute atomic E-state index is 14.3. The molecule has 1 aromatic carbocycles. The Balaban J connectivity index is 1.47. The molecule has 11 heteroatoms. The Hall–Kier alpha value is -4.41. The summed E-state index contributed by atoms with van der Waals surface area (Å²) >= 11 is 0. The number of carbonyl (C=O) groups is 3. The number of pyridine rings is 1. The number of rotatable bonds is 10. The molecule has 2 aromatic heterocycles. The maximum atomic E-state index is 14.3. The summed E-state index contributed by atoms with van der Waals surface area (Å²) in [5.41, 5.74) is 1.96. The Morgan fingerprint density at radius 2 is 1.91 bits per heavy atom. The van der Waals surface area contributed by atoms with Crippen LogP contribution >= 0.6 is 0 Å². The molecule has 1 fully saturated rings. The third kappa shape index (κ3) is 8.56. The lowest BCUT2D eigenvalue weighted by molar-refractivity contribution is -0.125. The van der Waals surface area contributed by atoms with Crippen molar-refractivity contribution in [1.29, 1.82) is 0 Å². The number of anilines is 1. The third-order valence-corrected chi connectivity index (χ3v) is 7.26. The van der Waals surface area contributed by atoms with Gasteiger partial charge in [0, 0.05) is 35.9 Å². The van der Waals surface area contributed by atoms with E-state index in [4.69, 9.17) is 0 Å². The highest BCUT2D eigenvalue weighted by Gasteiger charge is 2.22. The van der Waals surface area contributed by atoms with Crippen LogP contribution in [0.1, 0.15) is 57.7 Å². The molecule has 0 aliphatic carbocycles. The number of nitrogens with one attached hydrogen (secondary N) is 3. The van der Waals surface area contributed by atoms with E-state index in [1.54, 1.807) is 23.2 Å². The number of nitrogens with zero attached hydrogens (tertiary/aromatic N) is 2. The number of halogens is 1. The smallest absolute Gasteiger partial charge is 0.407 e. The van der Waals surface area contributed by atoms with Crippen LogP contribution in [0, 0.1) is 11.2 Å². The van der Waals surface area contributed by atoms with Crippen molar-refractivity contribution in [3.8, 4) is 0 Å². The largest absolute Gasteiger partial charge is 0.453 e. The molecule has 0 radical (unpaired) electrons. The van der Waals surface area contributed by atoms with Crippen LogP contribution in [0.4, 0.5) is 14.9 Å². The van der Waals surface area contributed by atoms with Crippen molar-refractivity contribution in [2.45, 2.75) is 65.5 Å². The molecule has 1 aliphatic rings. The number of benzene rings is 1. The summed E-state index contributed by atoms with van der Waals surface area (Å²) in [6.07, 6.45) is 7.17. The fraction of sp³-hybridized carbons (Fsp3) is 0.438. The number of fused-ring (bicyclic) bond motifs is 1. The van der Waals surface area contributed by atoms with Crippen molar-refractivity contribution in [3.05, 3.63) is 76.1 Å². The zero-order valence-corrected chi connectivity index (χ0v) is 25.2. The van der Waals surface area contributed by atoms with Crippen LogP contribution < -0.4 is 16.2 Å². The average molecular weight is 594 g/mol. The van der Waals surface area contributed by atoms with Gasteiger partial charge in [0.15, 0.2) is 0 Å². The highest BCUT2D eigenvalue weighted by molar-refractivity contribution is 5.96. The fourth-order valence-electron chi connectivity index (χ4n) is 5.25. The van der Waals surface area contributed by atoms with Gasteiger partial charge in [0.2, 0.25) is 11.8 Å². The highest BCUT2D eigenvalue weighted by atomic mass is 19.1. The van der Waals surface area contributed by atoms with Gasteiger partial charge in [0.25, 0.3) is 5.56 Å². The molecule has 1 unspecified atom stereocenters. The lowest BCUT2D eigenvalue weighted by Crippen LogP contribution is -2.44. The first-order valence-corrected chi connectivity index (χ1v) is 14.5. The highest BCUT2D eigenvalue weighted by Crippen LogP contribution is 2.28. The van der Waals surface area contributed by atoms with Gasteiger partial charge in [-0.25, -0.2) is 9.18 Å². The van der Waals surface area contributed by atoms with E-state index in [-0.39, 0.29) is 35.8 Å². The molecule has 3 aromatic rings. The van der Waals surface area contributed by atoms with Crippen LogP contribution in [0.2, 0.25) is 0 Å². The molecule has 10 nitrogen and oxygen atoms in total. The Bertz CT molecular complexity index is 1560. The van der Waals surface area contributed by atoms with Crippen LogP contribution in [-0.2, 0) is 27.3 Å². The average Bonchev–Trinajstić information content (AvgIpc) is 3.62. The molecule has 4 rings (SSSR count). The van der Waals surface area contributed by atoms with Crippen molar-refractivity contribution < 1.29 is 23.5 Å². The van der Waals surface area contributed by atoms with E-state index in [0.29, 0.717) is 18.5 Å². The summed E-state index contributed by atoms with van der Waals surface area (Å²) in [6, 6.07) is 6.95. The predicted molar refractivity (Wildman–Crippen MR) is 163 cm³/mol. The Labute approximate surface area is 250 Å². The Kier molecular flexibility index (Phi) is 10.1. The second-order valence-corrected chi connectivity index (χ2v) is 12.1. The van der Waals surface area contributed by atoms with Gasteiger partial charge in [-0.2, -0.15) is 0 Å². The summed E-state index contributed by atoms with van der Waals surface area (Å²) in [5.74, 6) is -0.981. The zero-order chi connectivity index (χ0) is 31.1. The number of allylic oxidation sites excluding steroid dienone is 1. The van der Waals surface area contributed by atoms with E-state index in [1.807, 2.05) is 6.07 Å². The summed E-state index contributed by atoms with van der Waals surface area (Å²) < 4.78 is 20.5. The lowest BCUT2D eigenvalue weighted by Gasteiger charge is -2.18. The van der Waals surface area contributed by atoms with Crippen LogP contribution in [0.5, 0.6) is 0 Å². The van der Waals surface area contributed by atoms with Crippen LogP contribution in [0.15, 0.2) is 53.5 Å². The number of aromatic nitrogens is 2. The van der Waals surface area contributed by atoms with Gasteiger partial charge in [0.1, 0.15) is 17.5 Å². The molecule has 3 heterocycles. The summed E-state index contributed by atoms with van der Waals surface area (Å²) in [6.45, 7) is 7.92. The molecule has 0 saturated carbocycles. The molecule has 1 saturated heterocycles. The summed E-state index contributed by atoms with van der Waals surface area (Å²) in [7, 11) is 1.19. The minimum Gasteiger partial charge on any atom is -0.453 e. The number of likely N-dealkylation sites (tertiary alicyclic amines) is 1. The number of methoxy groups -OCH3 is 1. The SMILES string of the molecule is COC(=O)NC(CC/C=C/C(=O)N1CCCC1)C(=O)Nc1cccn(Cc2cc3cc(F)cc(CC(C)(C)C)c3[nH]2)c1=O. The normalized spacial score (nSPS) is 14.3. The first-order valence-electron chi connectivity index (χ1n) is 14.5. The third-order valence-electron chi connectivity index (χ3n) is 7.26. The first kappa shape index (κ1) is 31.5. The predicted octanol–water partition coefficient (Wildman–Crippen LogP) is 4.73. The van der Waals surface area contributed by atoms with Crippen molar-refractivity contribution >= 4 is 34.5 Å². The van der Waals surface area contributed by atoms with E-state index in [9.17, 15) is 23.6 Å². The van der Waals surface area contributed by atoms with Gasteiger partial charge in [-0.3, -0.25) is 14.4 Å². The van der Waals surface area contributed by atoms with Crippen molar-refractivity contribution in [2.24, 2.45) is 5.41 Å². The second kappa shape index (κ2) is 13.7. The van der Waals surface area contributed by atoms with E-state index >= 15 is 0 Å². The molecule has 3 amide bonds.